The van der Waals surface area contributed by atoms with Crippen molar-refractivity contribution in [3.05, 3.63) is 56.9 Å². The van der Waals surface area contributed by atoms with Crippen molar-refractivity contribution in [3.63, 3.8) is 0 Å². The molecule has 24 heavy (non-hydrogen) atoms. The zero-order valence-electron chi connectivity index (χ0n) is 12.5. The molecule has 0 N–H and O–H groups in total. The molecule has 5 nitrogen and oxygen atoms in total. The summed E-state index contributed by atoms with van der Waals surface area (Å²) in [5.74, 6) is -0.200. The Bertz CT molecular complexity index is 762. The molecule has 0 saturated carbocycles. The van der Waals surface area contributed by atoms with Crippen molar-refractivity contribution in [2.75, 3.05) is 26.2 Å². The highest BCUT2D eigenvalue weighted by Gasteiger charge is 2.27. The van der Waals surface area contributed by atoms with E-state index in [9.17, 15) is 9.59 Å². The number of carbonyl (C=O) groups excluding carboxylic acids is 2. The maximum Gasteiger partial charge on any atom is 0.289 e. The minimum atomic E-state index is -0.236. The fourth-order valence-corrected chi connectivity index (χ4v) is 3.23. The minimum Gasteiger partial charge on any atom is -0.440 e. The number of nitrogens with zero attached hydrogens (tertiary/aromatic N) is 2. The van der Waals surface area contributed by atoms with E-state index in [1.54, 1.807) is 28.0 Å². The van der Waals surface area contributed by atoms with Crippen LogP contribution in [0.1, 0.15) is 20.9 Å². The van der Waals surface area contributed by atoms with Gasteiger partial charge in [0.2, 0.25) is 0 Å². The SMILES string of the molecule is O=C(c1cc(Cl)cc(Cl)c1)N1CCN(C(=O)c2ccc(Cl)o2)CC1. The summed E-state index contributed by atoms with van der Waals surface area (Å²) in [6.07, 6.45) is 0. The summed E-state index contributed by atoms with van der Waals surface area (Å²) in [5.41, 5.74) is 0.435. The number of benzene rings is 1. The molecule has 1 aliphatic rings. The number of hydrogen-bond acceptors (Lipinski definition) is 3. The van der Waals surface area contributed by atoms with Crippen LogP contribution in [0.4, 0.5) is 0 Å². The lowest BCUT2D eigenvalue weighted by Gasteiger charge is -2.34. The van der Waals surface area contributed by atoms with Crippen molar-refractivity contribution in [1.82, 2.24) is 9.80 Å². The first-order chi connectivity index (χ1) is 11.4. The average Bonchev–Trinajstić information content (AvgIpc) is 2.99. The lowest BCUT2D eigenvalue weighted by molar-refractivity contribution is 0.0518. The van der Waals surface area contributed by atoms with Crippen molar-refractivity contribution in [3.8, 4) is 0 Å². The van der Waals surface area contributed by atoms with Crippen molar-refractivity contribution in [1.29, 1.82) is 0 Å². The average molecular weight is 388 g/mol. The van der Waals surface area contributed by atoms with E-state index < -0.39 is 0 Å². The van der Waals surface area contributed by atoms with Crippen LogP contribution in [-0.4, -0.2) is 47.8 Å². The summed E-state index contributed by atoms with van der Waals surface area (Å²) in [6, 6.07) is 7.80. The molecule has 0 spiro atoms. The molecular weight excluding hydrogens is 375 g/mol. The van der Waals surface area contributed by atoms with Crippen molar-refractivity contribution < 1.29 is 14.0 Å². The third-order valence-electron chi connectivity index (χ3n) is 3.75. The van der Waals surface area contributed by atoms with Crippen LogP contribution in [0.15, 0.2) is 34.7 Å². The Morgan fingerprint density at radius 3 is 1.88 bits per heavy atom. The molecule has 0 radical (unpaired) electrons. The molecule has 2 heterocycles. The van der Waals surface area contributed by atoms with E-state index in [4.69, 9.17) is 39.2 Å². The number of amides is 2. The molecule has 1 aromatic heterocycles. The van der Waals surface area contributed by atoms with E-state index in [-0.39, 0.29) is 22.8 Å². The van der Waals surface area contributed by atoms with Gasteiger partial charge in [-0.1, -0.05) is 23.2 Å². The topological polar surface area (TPSA) is 53.8 Å². The Morgan fingerprint density at radius 1 is 0.833 bits per heavy atom. The summed E-state index contributed by atoms with van der Waals surface area (Å²) in [5, 5.41) is 0.994. The Labute approximate surface area is 153 Å². The Hall–Kier alpha value is -1.69. The van der Waals surface area contributed by atoms with E-state index in [0.717, 1.165) is 0 Å². The number of rotatable bonds is 2. The summed E-state index contributed by atoms with van der Waals surface area (Å²) in [7, 11) is 0. The number of piperazine rings is 1. The van der Waals surface area contributed by atoms with Gasteiger partial charge in [-0.15, -0.1) is 0 Å². The molecule has 2 amide bonds. The van der Waals surface area contributed by atoms with Crippen LogP contribution in [-0.2, 0) is 0 Å². The van der Waals surface area contributed by atoms with Crippen LogP contribution in [0.25, 0.3) is 0 Å². The van der Waals surface area contributed by atoms with Gasteiger partial charge in [0, 0.05) is 41.8 Å². The quantitative estimate of drug-likeness (QED) is 0.787. The summed E-state index contributed by atoms with van der Waals surface area (Å²) in [4.78, 5) is 28.1. The number of halogens is 3. The van der Waals surface area contributed by atoms with Crippen LogP contribution in [0.5, 0.6) is 0 Å². The molecule has 126 valence electrons. The molecule has 3 rings (SSSR count). The van der Waals surface area contributed by atoms with Crippen molar-refractivity contribution in [2.45, 2.75) is 0 Å². The number of furan rings is 1. The molecule has 1 aliphatic heterocycles. The molecule has 0 bridgehead atoms. The van der Waals surface area contributed by atoms with E-state index in [2.05, 4.69) is 0 Å². The molecule has 0 unspecified atom stereocenters. The first kappa shape index (κ1) is 17.1. The van der Waals surface area contributed by atoms with Gasteiger partial charge in [-0.25, -0.2) is 0 Å². The first-order valence-corrected chi connectivity index (χ1v) is 8.37. The van der Waals surface area contributed by atoms with Gasteiger partial charge >= 0.3 is 0 Å². The molecule has 1 fully saturated rings. The van der Waals surface area contributed by atoms with Crippen LogP contribution in [0.3, 0.4) is 0 Å². The maximum atomic E-state index is 12.5. The second-order valence-corrected chi connectivity index (χ2v) is 6.59. The summed E-state index contributed by atoms with van der Waals surface area (Å²) < 4.78 is 5.13. The molecular formula is C16H13Cl3N2O3. The van der Waals surface area contributed by atoms with Gasteiger partial charge in [0.25, 0.3) is 11.8 Å². The van der Waals surface area contributed by atoms with Gasteiger partial charge in [-0.2, -0.15) is 0 Å². The van der Waals surface area contributed by atoms with Gasteiger partial charge in [0.15, 0.2) is 11.0 Å². The van der Waals surface area contributed by atoms with Crippen LogP contribution >= 0.6 is 34.8 Å². The van der Waals surface area contributed by atoms with Gasteiger partial charge in [-0.05, 0) is 41.9 Å². The molecule has 1 saturated heterocycles. The fraction of sp³-hybridized carbons (Fsp3) is 0.250. The molecule has 2 aromatic rings. The normalized spacial score (nSPS) is 14.8. The first-order valence-electron chi connectivity index (χ1n) is 7.24. The minimum absolute atomic E-state index is 0.160. The molecule has 8 heteroatoms. The highest BCUT2D eigenvalue weighted by atomic mass is 35.5. The van der Waals surface area contributed by atoms with Crippen LogP contribution in [0.2, 0.25) is 15.3 Å². The third kappa shape index (κ3) is 3.69. The Morgan fingerprint density at radius 2 is 1.38 bits per heavy atom. The Balaban J connectivity index is 1.64. The van der Waals surface area contributed by atoms with Gasteiger partial charge < -0.3 is 14.2 Å². The van der Waals surface area contributed by atoms with Gasteiger partial charge in [0.1, 0.15) is 0 Å². The predicted octanol–water partition coefficient (Wildman–Crippen LogP) is 3.84. The van der Waals surface area contributed by atoms with Crippen molar-refractivity contribution in [2.24, 2.45) is 0 Å². The van der Waals surface area contributed by atoms with Crippen LogP contribution < -0.4 is 0 Å². The highest BCUT2D eigenvalue weighted by Crippen LogP contribution is 2.21. The zero-order chi connectivity index (χ0) is 17.3. The maximum absolute atomic E-state index is 12.5. The van der Waals surface area contributed by atoms with E-state index in [0.29, 0.717) is 41.8 Å². The molecule has 0 aliphatic carbocycles. The summed E-state index contributed by atoms with van der Waals surface area (Å²) in [6.45, 7) is 1.67. The second kappa shape index (κ2) is 7.05. The lowest BCUT2D eigenvalue weighted by atomic mass is 10.1. The monoisotopic (exact) mass is 386 g/mol. The summed E-state index contributed by atoms with van der Waals surface area (Å²) >= 11 is 17.6. The van der Waals surface area contributed by atoms with Crippen molar-refractivity contribution >= 4 is 46.6 Å². The van der Waals surface area contributed by atoms with E-state index >= 15 is 0 Å². The molecule has 1 aromatic carbocycles. The zero-order valence-corrected chi connectivity index (χ0v) is 14.7. The second-order valence-electron chi connectivity index (χ2n) is 5.35. The van der Waals surface area contributed by atoms with Gasteiger partial charge in [0.05, 0.1) is 0 Å². The largest absolute Gasteiger partial charge is 0.440 e. The van der Waals surface area contributed by atoms with Gasteiger partial charge in [-0.3, -0.25) is 9.59 Å². The van der Waals surface area contributed by atoms with E-state index in [1.807, 2.05) is 0 Å². The number of carbonyl (C=O) groups is 2. The fourth-order valence-electron chi connectivity index (χ4n) is 2.56. The Kier molecular flexibility index (Phi) is 5.04. The van der Waals surface area contributed by atoms with Crippen LogP contribution in [0, 0.1) is 0 Å². The molecule has 0 atom stereocenters. The number of hydrogen-bond donors (Lipinski definition) is 0. The predicted molar refractivity (Wildman–Crippen MR) is 92.0 cm³/mol. The lowest BCUT2D eigenvalue weighted by Crippen LogP contribution is -2.50. The third-order valence-corrected chi connectivity index (χ3v) is 4.39. The smallest absolute Gasteiger partial charge is 0.289 e. The standard InChI is InChI=1S/C16H13Cl3N2O3/c17-11-7-10(8-12(18)9-11)15(22)20-3-5-21(6-4-20)16(23)13-1-2-14(19)24-13/h1-2,7-9H,3-6H2. The highest BCUT2D eigenvalue weighted by molar-refractivity contribution is 6.35. The van der Waals surface area contributed by atoms with E-state index in [1.165, 1.54) is 12.1 Å².